The smallest absolute Gasteiger partial charge is 0.267 e. The molecule has 3 N–H and O–H groups in total. The lowest BCUT2D eigenvalue weighted by atomic mass is 10.2. The van der Waals surface area contributed by atoms with Gasteiger partial charge in [0.15, 0.2) is 0 Å². The number of nitrogens with one attached hydrogen (secondary N) is 3. The molecule has 0 fully saturated rings. The normalized spacial score (nSPS) is 9.78. The maximum absolute atomic E-state index is 12.0. The minimum absolute atomic E-state index is 0.145. The van der Waals surface area contributed by atoms with Crippen LogP contribution in [0.4, 0.5) is 5.69 Å². The van der Waals surface area contributed by atoms with Gasteiger partial charge in [-0.2, -0.15) is 5.53 Å². The highest BCUT2D eigenvalue weighted by Crippen LogP contribution is 2.15. The van der Waals surface area contributed by atoms with E-state index < -0.39 is 11.8 Å². The van der Waals surface area contributed by atoms with Gasteiger partial charge in [-0.15, -0.1) is 0 Å². The number of anilines is 1. The third-order valence-electron chi connectivity index (χ3n) is 2.95. The number of rotatable bonds is 5. The summed E-state index contributed by atoms with van der Waals surface area (Å²) in [5.41, 5.74) is 12.8. The van der Waals surface area contributed by atoms with Gasteiger partial charge in [0.1, 0.15) is 12.0 Å². The van der Waals surface area contributed by atoms with Crippen molar-refractivity contribution in [1.29, 1.82) is 5.53 Å². The van der Waals surface area contributed by atoms with Crippen LogP contribution in [0, 0.1) is 5.53 Å². The van der Waals surface area contributed by atoms with Gasteiger partial charge in [-0.25, -0.2) is 15.0 Å². The first-order valence-corrected chi connectivity index (χ1v) is 6.77. The zero-order valence-electron chi connectivity index (χ0n) is 12.4. The highest BCUT2D eigenvalue weighted by molar-refractivity contribution is 5.98. The second-order valence-electron chi connectivity index (χ2n) is 4.37. The Hall–Kier alpha value is -3.36. The molecule has 0 aliphatic rings. The van der Waals surface area contributed by atoms with E-state index in [1.807, 2.05) is 6.92 Å². The fourth-order valence-electron chi connectivity index (χ4n) is 1.77. The maximum Gasteiger partial charge on any atom is 0.288 e. The van der Waals surface area contributed by atoms with Crippen LogP contribution in [-0.2, 0) is 0 Å². The lowest BCUT2D eigenvalue weighted by Gasteiger charge is -2.14. The number of amides is 2. The molecular weight excluding hydrogens is 298 g/mol. The molecule has 118 valence electrons. The summed E-state index contributed by atoms with van der Waals surface area (Å²) in [7, 11) is 0. The number of nitrogens with zero attached hydrogens (tertiary/aromatic N) is 4. The second kappa shape index (κ2) is 7.59. The van der Waals surface area contributed by atoms with Gasteiger partial charge in [-0.3, -0.25) is 20.4 Å². The Morgan fingerprint density at radius 3 is 2.43 bits per heavy atom. The van der Waals surface area contributed by atoms with Crippen LogP contribution in [0.15, 0.2) is 48.1 Å². The summed E-state index contributed by atoms with van der Waals surface area (Å²) in [6.45, 7) is 2.41. The molecule has 0 aliphatic carbocycles. The molecule has 2 aromatic rings. The predicted octanol–water partition coefficient (Wildman–Crippen LogP) is 1.32. The summed E-state index contributed by atoms with van der Waals surface area (Å²) in [4.78, 5) is 31.2. The van der Waals surface area contributed by atoms with Gasteiger partial charge >= 0.3 is 0 Å². The third-order valence-corrected chi connectivity index (χ3v) is 2.95. The highest BCUT2D eigenvalue weighted by atomic mass is 16.2. The highest BCUT2D eigenvalue weighted by Gasteiger charge is 2.10. The Bertz CT molecular complexity index is 688. The molecule has 0 bridgehead atoms. The van der Waals surface area contributed by atoms with Gasteiger partial charge < -0.3 is 0 Å². The molecule has 0 radical (unpaired) electrons. The summed E-state index contributed by atoms with van der Waals surface area (Å²) in [5.74, 6) is -1.01. The van der Waals surface area contributed by atoms with Crippen LogP contribution in [0.25, 0.3) is 0 Å². The van der Waals surface area contributed by atoms with E-state index in [4.69, 9.17) is 5.53 Å². The van der Waals surface area contributed by atoms with E-state index in [0.717, 1.165) is 0 Å². The Morgan fingerprint density at radius 2 is 1.87 bits per heavy atom. The minimum Gasteiger partial charge on any atom is -0.267 e. The summed E-state index contributed by atoms with van der Waals surface area (Å²) in [6, 6.07) is 7.93. The summed E-state index contributed by atoms with van der Waals surface area (Å²) >= 11 is 0. The number of carbonyl (C=O) groups excluding carboxylic acids is 2. The van der Waals surface area contributed by atoms with E-state index in [2.05, 4.69) is 26.0 Å². The Morgan fingerprint density at radius 1 is 1.17 bits per heavy atom. The fourth-order valence-corrected chi connectivity index (χ4v) is 1.77. The quantitative estimate of drug-likeness (QED) is 0.567. The van der Waals surface area contributed by atoms with Gasteiger partial charge in [0.05, 0.1) is 5.69 Å². The molecule has 1 aromatic carbocycles. The Kier molecular flexibility index (Phi) is 5.29. The molecule has 2 rings (SSSR count). The van der Waals surface area contributed by atoms with Gasteiger partial charge in [0, 0.05) is 18.3 Å². The first-order valence-electron chi connectivity index (χ1n) is 6.77. The third kappa shape index (κ3) is 4.06. The van der Waals surface area contributed by atoms with Crippen LogP contribution < -0.4 is 15.9 Å². The molecule has 0 aliphatic heterocycles. The van der Waals surface area contributed by atoms with Crippen molar-refractivity contribution in [3.63, 3.8) is 0 Å². The monoisotopic (exact) mass is 313 g/mol. The molecule has 0 atom stereocenters. The summed E-state index contributed by atoms with van der Waals surface area (Å²) in [6.07, 6.45) is 2.67. The largest absolute Gasteiger partial charge is 0.288 e. The summed E-state index contributed by atoms with van der Waals surface area (Å²) in [5, 5.41) is 4.83. The van der Waals surface area contributed by atoms with Crippen LogP contribution in [0.1, 0.15) is 27.8 Å². The van der Waals surface area contributed by atoms with Crippen LogP contribution in [0.2, 0.25) is 0 Å². The predicted molar refractivity (Wildman–Crippen MR) is 81.6 cm³/mol. The van der Waals surface area contributed by atoms with Crippen LogP contribution in [-0.4, -0.2) is 28.3 Å². The van der Waals surface area contributed by atoms with E-state index >= 15 is 0 Å². The van der Waals surface area contributed by atoms with Gasteiger partial charge in [-0.1, -0.05) is 5.22 Å². The lowest BCUT2D eigenvalue weighted by Crippen LogP contribution is -2.41. The van der Waals surface area contributed by atoms with Crippen LogP contribution >= 0.6 is 0 Å². The number of hydrogen-bond donors (Lipinski definition) is 3. The van der Waals surface area contributed by atoms with Crippen molar-refractivity contribution in [2.75, 3.05) is 11.6 Å². The molecule has 1 heterocycles. The van der Waals surface area contributed by atoms with Crippen LogP contribution in [0.3, 0.4) is 0 Å². The number of hydrazine groups is 1. The molecule has 0 unspecified atom stereocenters. The van der Waals surface area contributed by atoms with Crippen molar-refractivity contribution >= 4 is 17.5 Å². The molecule has 2 amide bonds. The van der Waals surface area contributed by atoms with E-state index in [9.17, 15) is 9.59 Å². The molecule has 0 saturated heterocycles. The van der Waals surface area contributed by atoms with E-state index in [0.29, 0.717) is 17.8 Å². The molecular formula is C14H15N7O2. The Balaban J connectivity index is 1.96. The van der Waals surface area contributed by atoms with Crippen molar-refractivity contribution in [1.82, 2.24) is 20.8 Å². The number of aromatic nitrogens is 2. The minimum atomic E-state index is -0.539. The molecule has 0 spiro atoms. The number of benzene rings is 1. The standard InChI is InChI=1S/C14H15N7O2/c1-2-21(20-15)11-5-3-10(4-6-11)13(22)18-19-14(23)12-7-8-16-9-17-12/h3-9,15H,2H2,1H3,(H,18,22)(H,19,23). The molecule has 9 heteroatoms. The van der Waals surface area contributed by atoms with Crippen molar-refractivity contribution in [3.05, 3.63) is 54.1 Å². The van der Waals surface area contributed by atoms with Crippen molar-refractivity contribution in [2.24, 2.45) is 5.22 Å². The van der Waals surface area contributed by atoms with Gasteiger partial charge in [-0.05, 0) is 37.3 Å². The van der Waals surface area contributed by atoms with E-state index in [1.54, 1.807) is 24.3 Å². The topological polar surface area (TPSA) is 123 Å². The molecule has 23 heavy (non-hydrogen) atoms. The zero-order valence-corrected chi connectivity index (χ0v) is 12.4. The SMILES string of the molecule is CCN(N=N)c1ccc(C(=O)NNC(=O)c2ccncn2)cc1. The van der Waals surface area contributed by atoms with Crippen molar-refractivity contribution in [3.8, 4) is 0 Å². The van der Waals surface area contributed by atoms with E-state index in [-0.39, 0.29) is 5.69 Å². The van der Waals surface area contributed by atoms with Crippen molar-refractivity contribution in [2.45, 2.75) is 6.92 Å². The van der Waals surface area contributed by atoms with Gasteiger partial charge in [0.2, 0.25) is 0 Å². The van der Waals surface area contributed by atoms with Crippen LogP contribution in [0.5, 0.6) is 0 Å². The molecule has 9 nitrogen and oxygen atoms in total. The molecule has 0 saturated carbocycles. The number of carbonyl (C=O) groups is 2. The first-order chi connectivity index (χ1) is 11.2. The maximum atomic E-state index is 12.0. The summed E-state index contributed by atoms with van der Waals surface area (Å²) < 4.78 is 0. The first kappa shape index (κ1) is 16.0. The number of hydrogen-bond acceptors (Lipinski definition) is 6. The average molecular weight is 313 g/mol. The lowest BCUT2D eigenvalue weighted by molar-refractivity contribution is 0.0844. The molecule has 1 aromatic heterocycles. The Labute approximate surface area is 132 Å². The van der Waals surface area contributed by atoms with Gasteiger partial charge in [0.25, 0.3) is 11.8 Å². The fraction of sp³-hybridized carbons (Fsp3) is 0.143. The van der Waals surface area contributed by atoms with Crippen molar-refractivity contribution < 1.29 is 9.59 Å². The van der Waals surface area contributed by atoms with E-state index in [1.165, 1.54) is 23.6 Å². The average Bonchev–Trinajstić information content (AvgIpc) is 2.61. The zero-order chi connectivity index (χ0) is 16.7. The second-order valence-corrected chi connectivity index (χ2v) is 4.37.